The molecule has 1 aliphatic rings. The highest BCUT2D eigenvalue weighted by molar-refractivity contribution is 7.92. The Labute approximate surface area is 160 Å². The number of anilines is 1. The van der Waals surface area contributed by atoms with Crippen molar-refractivity contribution in [2.45, 2.75) is 32.2 Å². The Hall–Kier alpha value is -2.29. The van der Waals surface area contributed by atoms with Crippen LogP contribution in [0.1, 0.15) is 26.2 Å². The van der Waals surface area contributed by atoms with E-state index in [2.05, 4.69) is 0 Å². The fourth-order valence-corrected chi connectivity index (χ4v) is 4.57. The predicted octanol–water partition coefficient (Wildman–Crippen LogP) is 0.964. The number of carbonyl (C=O) groups is 2. The van der Waals surface area contributed by atoms with Crippen LogP contribution in [-0.2, 0) is 19.6 Å². The molecule has 0 aliphatic carbocycles. The molecule has 2 rings (SSSR count). The zero-order valence-corrected chi connectivity index (χ0v) is 16.7. The first-order valence-electron chi connectivity index (χ1n) is 8.90. The normalized spacial score (nSPS) is 16.6. The number of carbonyl (C=O) groups excluding carboxylic acids is 2. The maximum Gasteiger partial charge on any atom is 0.246 e. The van der Waals surface area contributed by atoms with E-state index < -0.39 is 16.1 Å². The van der Waals surface area contributed by atoms with Crippen molar-refractivity contribution >= 4 is 27.5 Å². The van der Waals surface area contributed by atoms with Gasteiger partial charge in [0.1, 0.15) is 11.8 Å². The topological polar surface area (TPSA) is 110 Å². The lowest BCUT2D eigenvalue weighted by Crippen LogP contribution is -2.53. The Morgan fingerprint density at radius 2 is 1.81 bits per heavy atom. The van der Waals surface area contributed by atoms with Crippen LogP contribution in [0.5, 0.6) is 5.75 Å². The molecule has 1 fully saturated rings. The molecule has 1 aliphatic heterocycles. The van der Waals surface area contributed by atoms with Crippen molar-refractivity contribution in [2.24, 2.45) is 11.7 Å². The highest BCUT2D eigenvalue weighted by Crippen LogP contribution is 2.27. The number of likely N-dealkylation sites (tertiary alicyclic amines) is 1. The van der Waals surface area contributed by atoms with E-state index in [0.29, 0.717) is 43.8 Å². The molecule has 0 unspecified atom stereocenters. The van der Waals surface area contributed by atoms with Crippen LogP contribution >= 0.6 is 0 Å². The van der Waals surface area contributed by atoms with Gasteiger partial charge in [0.15, 0.2) is 0 Å². The molecule has 1 atom stereocenters. The highest BCUT2D eigenvalue weighted by Gasteiger charge is 2.36. The van der Waals surface area contributed by atoms with Gasteiger partial charge >= 0.3 is 0 Å². The Balaban J connectivity index is 2.27. The zero-order valence-electron chi connectivity index (χ0n) is 15.9. The Morgan fingerprint density at radius 3 is 2.22 bits per heavy atom. The number of primary amides is 1. The van der Waals surface area contributed by atoms with Crippen LogP contribution in [0.3, 0.4) is 0 Å². The number of methoxy groups -OCH3 is 1. The summed E-state index contributed by atoms with van der Waals surface area (Å²) in [7, 11) is -2.16. The summed E-state index contributed by atoms with van der Waals surface area (Å²) in [5.74, 6) is -0.256. The molecule has 27 heavy (non-hydrogen) atoms. The lowest BCUT2D eigenvalue weighted by molar-refractivity contribution is -0.135. The summed E-state index contributed by atoms with van der Waals surface area (Å²) in [4.78, 5) is 26.0. The molecular formula is C18H27N3O5S. The third kappa shape index (κ3) is 4.91. The largest absolute Gasteiger partial charge is 0.497 e. The number of amides is 2. The average Bonchev–Trinajstić information content (AvgIpc) is 2.64. The summed E-state index contributed by atoms with van der Waals surface area (Å²) in [6, 6.07) is 5.70. The standard InChI is InChI=1S/C18H27N3O5S/c1-4-16(18(23)20-11-9-13(10-12-20)17(19)22)21(27(3,24)25)14-5-7-15(26-2)8-6-14/h5-8,13,16H,4,9-12H2,1-3H3,(H2,19,22)/t16-/m1/s1. The van der Waals surface area contributed by atoms with E-state index >= 15 is 0 Å². The molecule has 0 spiro atoms. The third-order valence-corrected chi connectivity index (χ3v) is 6.03. The summed E-state index contributed by atoms with van der Waals surface area (Å²) < 4.78 is 31.2. The SMILES string of the molecule is CC[C@H](C(=O)N1CCC(C(N)=O)CC1)N(c1ccc(OC)cc1)S(C)(=O)=O. The van der Waals surface area contributed by atoms with Crippen molar-refractivity contribution in [1.29, 1.82) is 0 Å². The van der Waals surface area contributed by atoms with Crippen molar-refractivity contribution in [2.75, 3.05) is 30.8 Å². The molecule has 1 aromatic rings. The average molecular weight is 397 g/mol. The van der Waals surface area contributed by atoms with Gasteiger partial charge in [-0.1, -0.05) is 6.92 Å². The second kappa shape index (κ2) is 8.60. The number of nitrogens with zero attached hydrogens (tertiary/aromatic N) is 2. The van der Waals surface area contributed by atoms with Gasteiger partial charge in [-0.2, -0.15) is 0 Å². The molecule has 9 heteroatoms. The molecule has 150 valence electrons. The summed E-state index contributed by atoms with van der Waals surface area (Å²) in [5.41, 5.74) is 5.75. The van der Waals surface area contributed by atoms with Gasteiger partial charge in [0.25, 0.3) is 0 Å². The molecule has 8 nitrogen and oxygen atoms in total. The quantitative estimate of drug-likeness (QED) is 0.737. The minimum Gasteiger partial charge on any atom is -0.497 e. The lowest BCUT2D eigenvalue weighted by Gasteiger charge is -2.37. The molecule has 1 heterocycles. The number of rotatable bonds is 7. The molecule has 2 N–H and O–H groups in total. The van der Waals surface area contributed by atoms with E-state index in [-0.39, 0.29) is 17.7 Å². The van der Waals surface area contributed by atoms with E-state index in [4.69, 9.17) is 10.5 Å². The smallest absolute Gasteiger partial charge is 0.246 e. The number of sulfonamides is 1. The Kier molecular flexibility index (Phi) is 6.69. The fraction of sp³-hybridized carbons (Fsp3) is 0.556. The minimum atomic E-state index is -3.69. The summed E-state index contributed by atoms with van der Waals surface area (Å²) >= 11 is 0. The number of hydrogen-bond donors (Lipinski definition) is 1. The predicted molar refractivity (Wildman–Crippen MR) is 103 cm³/mol. The zero-order chi connectivity index (χ0) is 20.2. The molecule has 2 amide bonds. The molecule has 1 saturated heterocycles. The molecule has 0 radical (unpaired) electrons. The van der Waals surface area contributed by atoms with Gasteiger partial charge in [0, 0.05) is 19.0 Å². The van der Waals surface area contributed by atoms with Crippen molar-refractivity contribution in [1.82, 2.24) is 4.90 Å². The second-order valence-electron chi connectivity index (χ2n) is 6.68. The van der Waals surface area contributed by atoms with Crippen molar-refractivity contribution in [3.8, 4) is 5.75 Å². The van der Waals surface area contributed by atoms with Crippen molar-refractivity contribution in [3.05, 3.63) is 24.3 Å². The summed E-state index contributed by atoms with van der Waals surface area (Å²) in [6.07, 6.45) is 2.41. The van der Waals surface area contributed by atoms with Crippen LogP contribution in [0.2, 0.25) is 0 Å². The van der Waals surface area contributed by atoms with Gasteiger partial charge in [-0.25, -0.2) is 8.42 Å². The van der Waals surface area contributed by atoms with Crippen molar-refractivity contribution in [3.63, 3.8) is 0 Å². The van der Waals surface area contributed by atoms with Crippen LogP contribution in [0.15, 0.2) is 24.3 Å². The molecular weight excluding hydrogens is 370 g/mol. The second-order valence-corrected chi connectivity index (χ2v) is 8.54. The molecule has 0 bridgehead atoms. The maximum absolute atomic E-state index is 13.1. The Morgan fingerprint density at radius 1 is 1.26 bits per heavy atom. The molecule has 1 aromatic carbocycles. The van der Waals surface area contributed by atoms with Gasteiger partial charge < -0.3 is 15.4 Å². The van der Waals surface area contributed by atoms with E-state index in [1.807, 2.05) is 0 Å². The number of hydrogen-bond acceptors (Lipinski definition) is 5. The van der Waals surface area contributed by atoms with E-state index in [0.717, 1.165) is 10.6 Å². The highest BCUT2D eigenvalue weighted by atomic mass is 32.2. The van der Waals surface area contributed by atoms with Gasteiger partial charge in [-0.05, 0) is 43.5 Å². The summed E-state index contributed by atoms with van der Waals surface area (Å²) in [5, 5.41) is 0. The van der Waals surface area contributed by atoms with Crippen LogP contribution < -0.4 is 14.8 Å². The van der Waals surface area contributed by atoms with Gasteiger partial charge in [0.05, 0.1) is 19.1 Å². The number of piperidine rings is 1. The summed E-state index contributed by atoms with van der Waals surface area (Å²) in [6.45, 7) is 2.56. The van der Waals surface area contributed by atoms with E-state index in [1.165, 1.54) is 7.11 Å². The number of nitrogens with two attached hydrogens (primary N) is 1. The minimum absolute atomic E-state index is 0.235. The molecule has 0 saturated carbocycles. The number of benzene rings is 1. The third-order valence-electron chi connectivity index (χ3n) is 4.85. The van der Waals surface area contributed by atoms with Crippen LogP contribution in [0, 0.1) is 5.92 Å². The first kappa shape index (κ1) is 21.0. The first-order chi connectivity index (χ1) is 12.7. The van der Waals surface area contributed by atoms with Crippen LogP contribution in [-0.4, -0.2) is 57.6 Å². The van der Waals surface area contributed by atoms with Gasteiger partial charge in [-0.3, -0.25) is 13.9 Å². The van der Waals surface area contributed by atoms with Gasteiger partial charge in [-0.15, -0.1) is 0 Å². The Bertz CT molecular complexity index is 771. The number of ether oxygens (including phenoxy) is 1. The maximum atomic E-state index is 13.1. The van der Waals surface area contributed by atoms with Gasteiger partial charge in [0.2, 0.25) is 21.8 Å². The monoisotopic (exact) mass is 397 g/mol. The van der Waals surface area contributed by atoms with E-state index in [9.17, 15) is 18.0 Å². The van der Waals surface area contributed by atoms with Crippen LogP contribution in [0.25, 0.3) is 0 Å². The lowest BCUT2D eigenvalue weighted by atomic mass is 9.95. The van der Waals surface area contributed by atoms with Crippen molar-refractivity contribution < 1.29 is 22.7 Å². The van der Waals surface area contributed by atoms with Crippen LogP contribution in [0.4, 0.5) is 5.69 Å². The molecule has 0 aromatic heterocycles. The van der Waals surface area contributed by atoms with E-state index in [1.54, 1.807) is 36.1 Å². The first-order valence-corrected chi connectivity index (χ1v) is 10.8. The fourth-order valence-electron chi connectivity index (χ4n) is 3.37.